The lowest BCUT2D eigenvalue weighted by Gasteiger charge is -2.09. The number of esters is 1. The van der Waals surface area contributed by atoms with E-state index in [2.05, 4.69) is 4.74 Å². The van der Waals surface area contributed by atoms with Crippen LogP contribution in [0.4, 0.5) is 30.7 Å². The molecule has 1 aromatic carbocycles. The number of halogens is 7. The van der Waals surface area contributed by atoms with Gasteiger partial charge in [0, 0.05) is 0 Å². The molecule has 0 N–H and O–H groups in total. The van der Waals surface area contributed by atoms with Crippen LogP contribution in [-0.4, -0.2) is 18.8 Å². The maximum absolute atomic E-state index is 12.9. The van der Waals surface area contributed by atoms with E-state index in [1.807, 2.05) is 0 Å². The summed E-state index contributed by atoms with van der Waals surface area (Å²) in [6.07, 6.45) is -2.89. The quantitative estimate of drug-likeness (QED) is 0.279. The van der Waals surface area contributed by atoms with Crippen LogP contribution in [-0.2, 0) is 4.79 Å². The summed E-state index contributed by atoms with van der Waals surface area (Å²) in [4.78, 5) is 10.6. The van der Waals surface area contributed by atoms with Crippen molar-refractivity contribution in [3.8, 4) is 5.75 Å². The lowest BCUT2D eigenvalue weighted by Crippen LogP contribution is -2.25. The van der Waals surface area contributed by atoms with E-state index in [0.29, 0.717) is 0 Å². The molecule has 0 aliphatic carbocycles. The highest BCUT2D eigenvalue weighted by Gasteiger charge is 2.30. The second kappa shape index (κ2) is 5.23. The van der Waals surface area contributed by atoms with Crippen LogP contribution in [0.3, 0.4) is 0 Å². The van der Waals surface area contributed by atoms with Gasteiger partial charge in [0.15, 0.2) is 0 Å². The van der Waals surface area contributed by atoms with Gasteiger partial charge in [0.25, 0.3) is 0 Å². The Morgan fingerprint density at radius 3 is 1.72 bits per heavy atom. The fraction of sp³-hybridized carbons (Fsp3) is 0.222. The summed E-state index contributed by atoms with van der Waals surface area (Å²) in [7, 11) is 0. The highest BCUT2D eigenvalue weighted by atomic mass is 19.2. The van der Waals surface area contributed by atoms with Crippen molar-refractivity contribution < 1.29 is 40.3 Å². The molecule has 0 amide bonds. The van der Waals surface area contributed by atoms with Gasteiger partial charge in [-0.3, -0.25) is 0 Å². The second-order valence-electron chi connectivity index (χ2n) is 2.94. The minimum atomic E-state index is -2.89. The largest absolute Gasteiger partial charge is 0.418 e. The van der Waals surface area contributed by atoms with Gasteiger partial charge in [-0.25, -0.2) is 26.7 Å². The first kappa shape index (κ1) is 14.3. The summed E-state index contributed by atoms with van der Waals surface area (Å²) in [5, 5.41) is 0. The van der Waals surface area contributed by atoms with E-state index in [0.717, 1.165) is 0 Å². The average molecular weight is 276 g/mol. The second-order valence-corrected chi connectivity index (χ2v) is 2.94. The van der Waals surface area contributed by atoms with Crippen LogP contribution < -0.4 is 4.74 Å². The molecule has 0 radical (unpaired) electrons. The van der Waals surface area contributed by atoms with Crippen molar-refractivity contribution in [1.29, 1.82) is 0 Å². The van der Waals surface area contributed by atoms with Gasteiger partial charge < -0.3 is 4.74 Å². The van der Waals surface area contributed by atoms with Crippen LogP contribution >= 0.6 is 0 Å². The topological polar surface area (TPSA) is 26.3 Å². The van der Waals surface area contributed by atoms with Gasteiger partial charge in [0.05, 0.1) is 0 Å². The fourth-order valence-electron chi connectivity index (χ4n) is 0.902. The van der Waals surface area contributed by atoms with E-state index in [1.165, 1.54) is 0 Å². The summed E-state index contributed by atoms with van der Waals surface area (Å²) in [6, 6.07) is 0. The molecular formula is C9H3F7O2. The number of alkyl halides is 2. The van der Waals surface area contributed by atoms with Gasteiger partial charge in [-0.15, -0.1) is 0 Å². The van der Waals surface area contributed by atoms with E-state index < -0.39 is 53.7 Å². The fourth-order valence-corrected chi connectivity index (χ4v) is 0.902. The molecule has 1 rings (SSSR count). The molecule has 0 saturated heterocycles. The van der Waals surface area contributed by atoms with Crippen LogP contribution in [0.5, 0.6) is 5.75 Å². The molecule has 9 heteroatoms. The highest BCUT2D eigenvalue weighted by molar-refractivity contribution is 5.77. The third kappa shape index (κ3) is 2.39. The molecule has 0 aromatic heterocycles. The predicted octanol–water partition coefficient (Wildman–Crippen LogP) is 2.60. The number of hydrogen-bond donors (Lipinski definition) is 0. The summed E-state index contributed by atoms with van der Waals surface area (Å²) >= 11 is 0. The Kier molecular flexibility index (Phi) is 4.15. The van der Waals surface area contributed by atoms with Crippen LogP contribution in [0.1, 0.15) is 0 Å². The summed E-state index contributed by atoms with van der Waals surface area (Å²) in [5.74, 6) is -16.2. The first-order valence-electron chi connectivity index (χ1n) is 4.24. The monoisotopic (exact) mass is 276 g/mol. The Hall–Kier alpha value is -1.80. The van der Waals surface area contributed by atoms with Crippen LogP contribution in [0, 0.1) is 29.1 Å². The minimum Gasteiger partial charge on any atom is -0.418 e. The minimum absolute atomic E-state index is 1.87. The van der Waals surface area contributed by atoms with E-state index in [4.69, 9.17) is 0 Å². The van der Waals surface area contributed by atoms with Crippen molar-refractivity contribution in [2.24, 2.45) is 0 Å². The van der Waals surface area contributed by atoms with Gasteiger partial charge in [-0.05, 0) is 0 Å². The SMILES string of the molecule is O=C(Oc1c(F)c(F)c(F)c(F)c1F)C(F)CF. The van der Waals surface area contributed by atoms with Gasteiger partial charge >= 0.3 is 5.97 Å². The Balaban J connectivity index is 3.22. The molecule has 0 saturated carbocycles. The molecule has 0 spiro atoms. The zero-order valence-electron chi connectivity index (χ0n) is 8.25. The van der Waals surface area contributed by atoms with Crippen molar-refractivity contribution in [2.45, 2.75) is 6.17 Å². The Labute approximate surface area is 95.0 Å². The number of rotatable bonds is 3. The van der Waals surface area contributed by atoms with Gasteiger partial charge in [0.2, 0.25) is 41.0 Å². The van der Waals surface area contributed by atoms with E-state index >= 15 is 0 Å². The van der Waals surface area contributed by atoms with E-state index in [-0.39, 0.29) is 0 Å². The van der Waals surface area contributed by atoms with Crippen molar-refractivity contribution in [3.05, 3.63) is 29.1 Å². The van der Waals surface area contributed by atoms with Gasteiger partial charge in [-0.2, -0.15) is 8.78 Å². The first-order valence-corrected chi connectivity index (χ1v) is 4.24. The lowest BCUT2D eigenvalue weighted by atomic mass is 10.2. The molecular weight excluding hydrogens is 273 g/mol. The Bertz CT molecular complexity index is 459. The molecule has 2 nitrogen and oxygen atoms in total. The predicted molar refractivity (Wildman–Crippen MR) is 42.7 cm³/mol. The summed E-state index contributed by atoms with van der Waals surface area (Å²) in [5.41, 5.74) is 0. The molecule has 1 unspecified atom stereocenters. The normalized spacial score (nSPS) is 12.4. The summed E-state index contributed by atoms with van der Waals surface area (Å²) < 4.78 is 91.3. The van der Waals surface area contributed by atoms with E-state index in [9.17, 15) is 35.5 Å². The number of ether oxygens (including phenoxy) is 1. The molecule has 18 heavy (non-hydrogen) atoms. The number of hydrogen-bond acceptors (Lipinski definition) is 2. The molecule has 0 fully saturated rings. The average Bonchev–Trinajstić information content (AvgIpc) is 2.37. The standard InChI is InChI=1S/C9H3F7O2/c10-1-2(11)9(17)18-8-6(15)4(13)3(12)5(14)7(8)16/h2H,1H2. The third-order valence-corrected chi connectivity index (χ3v) is 1.76. The van der Waals surface area contributed by atoms with Gasteiger partial charge in [-0.1, -0.05) is 0 Å². The van der Waals surface area contributed by atoms with E-state index in [1.54, 1.807) is 0 Å². The van der Waals surface area contributed by atoms with Crippen molar-refractivity contribution in [1.82, 2.24) is 0 Å². The number of carbonyl (C=O) groups excluding carboxylic acids is 1. The lowest BCUT2D eigenvalue weighted by molar-refractivity contribution is -0.141. The molecule has 1 atom stereocenters. The zero-order chi connectivity index (χ0) is 14.0. The molecule has 100 valence electrons. The zero-order valence-corrected chi connectivity index (χ0v) is 8.25. The van der Waals surface area contributed by atoms with Crippen LogP contribution in [0.15, 0.2) is 0 Å². The van der Waals surface area contributed by atoms with Crippen LogP contribution in [0.25, 0.3) is 0 Å². The van der Waals surface area contributed by atoms with Crippen molar-refractivity contribution in [2.75, 3.05) is 6.67 Å². The third-order valence-electron chi connectivity index (χ3n) is 1.76. The smallest absolute Gasteiger partial charge is 0.349 e. The maximum Gasteiger partial charge on any atom is 0.349 e. The first-order chi connectivity index (χ1) is 8.31. The van der Waals surface area contributed by atoms with Gasteiger partial charge in [0.1, 0.15) is 6.67 Å². The highest BCUT2D eigenvalue weighted by Crippen LogP contribution is 2.29. The van der Waals surface area contributed by atoms with Crippen molar-refractivity contribution >= 4 is 5.97 Å². The molecule has 0 aliphatic heterocycles. The molecule has 1 aromatic rings. The number of benzene rings is 1. The molecule has 0 bridgehead atoms. The maximum atomic E-state index is 12.9. The Morgan fingerprint density at radius 2 is 1.33 bits per heavy atom. The Morgan fingerprint density at radius 1 is 0.944 bits per heavy atom. The van der Waals surface area contributed by atoms with Crippen LogP contribution in [0.2, 0.25) is 0 Å². The molecule has 0 aliphatic rings. The molecule has 0 heterocycles. The van der Waals surface area contributed by atoms with Crippen molar-refractivity contribution in [3.63, 3.8) is 0 Å². The summed E-state index contributed by atoms with van der Waals surface area (Å²) in [6.45, 7) is -1.87. The number of carbonyl (C=O) groups is 1.